The molecule has 0 radical (unpaired) electrons. The van der Waals surface area contributed by atoms with E-state index in [0.29, 0.717) is 11.7 Å². The molecule has 4 nitrogen and oxygen atoms in total. The molecule has 2 aromatic heterocycles. The van der Waals surface area contributed by atoms with Gasteiger partial charge in [0.1, 0.15) is 5.82 Å². The molecule has 0 unspecified atom stereocenters. The molecule has 3 rings (SSSR count). The summed E-state index contributed by atoms with van der Waals surface area (Å²) in [4.78, 5) is 8.72. The van der Waals surface area contributed by atoms with Gasteiger partial charge in [0, 0.05) is 13.2 Å². The monoisotopic (exact) mass is 286 g/mol. The van der Waals surface area contributed by atoms with Crippen LogP contribution in [0.4, 0.5) is 5.69 Å². The summed E-state index contributed by atoms with van der Waals surface area (Å²) in [7, 11) is 2.02. The second-order valence-corrected chi connectivity index (χ2v) is 5.08. The van der Waals surface area contributed by atoms with E-state index in [4.69, 9.17) is 11.6 Å². The Morgan fingerprint density at radius 2 is 2.05 bits per heavy atom. The first kappa shape index (κ1) is 12.9. The van der Waals surface area contributed by atoms with Crippen LogP contribution in [0, 0.1) is 6.92 Å². The van der Waals surface area contributed by atoms with E-state index < -0.39 is 0 Å². The van der Waals surface area contributed by atoms with Crippen LogP contribution in [-0.2, 0) is 13.6 Å². The van der Waals surface area contributed by atoms with Crippen LogP contribution < -0.4 is 5.32 Å². The summed E-state index contributed by atoms with van der Waals surface area (Å²) in [6.45, 7) is 2.61. The highest BCUT2D eigenvalue weighted by Crippen LogP contribution is 2.23. The number of halogens is 1. The van der Waals surface area contributed by atoms with Gasteiger partial charge in [0.25, 0.3) is 0 Å². The largest absolute Gasteiger partial charge is 0.375 e. The van der Waals surface area contributed by atoms with Crippen LogP contribution in [0.15, 0.2) is 36.5 Å². The van der Waals surface area contributed by atoms with Crippen molar-refractivity contribution in [1.29, 1.82) is 0 Å². The maximum absolute atomic E-state index is 6.11. The molecule has 0 amide bonds. The van der Waals surface area contributed by atoms with E-state index in [1.807, 2.05) is 38.2 Å². The van der Waals surface area contributed by atoms with Gasteiger partial charge < -0.3 is 9.88 Å². The predicted molar refractivity (Wildman–Crippen MR) is 82.0 cm³/mol. The molecule has 0 aliphatic carbocycles. The van der Waals surface area contributed by atoms with Gasteiger partial charge in [0.2, 0.25) is 0 Å². The van der Waals surface area contributed by atoms with Crippen molar-refractivity contribution in [1.82, 2.24) is 14.5 Å². The number of para-hydroxylation sites is 2. The van der Waals surface area contributed by atoms with E-state index in [2.05, 4.69) is 25.9 Å². The number of anilines is 1. The van der Waals surface area contributed by atoms with Crippen LogP contribution in [-0.4, -0.2) is 14.5 Å². The van der Waals surface area contributed by atoms with E-state index in [9.17, 15) is 0 Å². The summed E-state index contributed by atoms with van der Waals surface area (Å²) in [6, 6.07) is 10.0. The third-order valence-electron chi connectivity index (χ3n) is 3.42. The smallest absolute Gasteiger partial charge is 0.152 e. The van der Waals surface area contributed by atoms with E-state index in [-0.39, 0.29) is 0 Å². The van der Waals surface area contributed by atoms with Crippen molar-refractivity contribution in [2.24, 2.45) is 7.05 Å². The van der Waals surface area contributed by atoms with Crippen LogP contribution in [0.25, 0.3) is 11.0 Å². The maximum atomic E-state index is 6.11. The molecule has 3 aromatic rings. The Balaban J connectivity index is 1.89. The summed E-state index contributed by atoms with van der Waals surface area (Å²) in [5, 5.41) is 3.81. The molecule has 0 spiro atoms. The van der Waals surface area contributed by atoms with Crippen LogP contribution in [0.3, 0.4) is 0 Å². The van der Waals surface area contributed by atoms with Gasteiger partial charge in [-0.2, -0.15) is 0 Å². The molecule has 20 heavy (non-hydrogen) atoms. The lowest BCUT2D eigenvalue weighted by Crippen LogP contribution is -2.07. The van der Waals surface area contributed by atoms with Gasteiger partial charge in [-0.05, 0) is 30.7 Å². The number of aromatic nitrogens is 3. The van der Waals surface area contributed by atoms with Gasteiger partial charge in [0.05, 0.1) is 23.3 Å². The Kier molecular flexibility index (Phi) is 3.32. The van der Waals surface area contributed by atoms with Crippen molar-refractivity contribution in [2.75, 3.05) is 5.32 Å². The Labute approximate surface area is 122 Å². The zero-order valence-corrected chi connectivity index (χ0v) is 12.1. The number of nitrogens with one attached hydrogen (secondary N) is 1. The van der Waals surface area contributed by atoms with Crippen LogP contribution >= 0.6 is 11.6 Å². The number of fused-ring (bicyclic) bond motifs is 1. The van der Waals surface area contributed by atoms with Crippen molar-refractivity contribution in [3.8, 4) is 0 Å². The Morgan fingerprint density at radius 3 is 2.80 bits per heavy atom. The number of nitrogens with zero attached hydrogens (tertiary/aromatic N) is 3. The molecule has 0 saturated heterocycles. The summed E-state index contributed by atoms with van der Waals surface area (Å²) in [5.41, 5.74) is 4.06. The van der Waals surface area contributed by atoms with Crippen molar-refractivity contribution in [2.45, 2.75) is 13.5 Å². The fraction of sp³-hybridized carbons (Fsp3) is 0.200. The number of benzene rings is 1. The summed E-state index contributed by atoms with van der Waals surface area (Å²) >= 11 is 6.11. The van der Waals surface area contributed by atoms with E-state index in [1.165, 1.54) is 0 Å². The lowest BCUT2D eigenvalue weighted by molar-refractivity contribution is 0.833. The molecule has 102 valence electrons. The predicted octanol–water partition coefficient (Wildman–Crippen LogP) is 3.54. The number of imidazole rings is 1. The minimum atomic E-state index is 0.490. The normalized spacial score (nSPS) is 10.9. The summed E-state index contributed by atoms with van der Waals surface area (Å²) in [6.07, 6.45) is 1.71. The van der Waals surface area contributed by atoms with E-state index in [1.54, 1.807) is 6.20 Å². The maximum Gasteiger partial charge on any atom is 0.152 e. The first-order valence-corrected chi connectivity index (χ1v) is 6.80. The minimum absolute atomic E-state index is 0.490. The van der Waals surface area contributed by atoms with E-state index >= 15 is 0 Å². The first-order chi connectivity index (χ1) is 9.66. The van der Waals surface area contributed by atoms with Crippen molar-refractivity contribution in [3.05, 3.63) is 53.1 Å². The quantitative estimate of drug-likeness (QED) is 0.749. The van der Waals surface area contributed by atoms with Crippen molar-refractivity contribution in [3.63, 3.8) is 0 Å². The Hall–Kier alpha value is -2.07. The molecule has 0 aliphatic rings. The molecule has 0 fully saturated rings. The third kappa shape index (κ3) is 2.23. The molecule has 0 bridgehead atoms. The number of hydrogen-bond acceptors (Lipinski definition) is 3. The standard InChI is InChI=1S/C15H15ClN4/c1-10-7-8-17-15(16)14(10)18-9-13-19-11-5-3-4-6-12(11)20(13)2/h3-8,18H,9H2,1-2H3. The zero-order valence-electron chi connectivity index (χ0n) is 11.4. The Morgan fingerprint density at radius 1 is 1.25 bits per heavy atom. The molecule has 2 heterocycles. The van der Waals surface area contributed by atoms with Gasteiger partial charge in [0.15, 0.2) is 5.15 Å². The van der Waals surface area contributed by atoms with Crippen LogP contribution in [0.5, 0.6) is 0 Å². The topological polar surface area (TPSA) is 42.7 Å². The number of pyridine rings is 1. The van der Waals surface area contributed by atoms with Crippen molar-refractivity contribution < 1.29 is 0 Å². The fourth-order valence-corrected chi connectivity index (χ4v) is 2.53. The molecular formula is C15H15ClN4. The van der Waals surface area contributed by atoms with Crippen LogP contribution in [0.1, 0.15) is 11.4 Å². The average Bonchev–Trinajstić information content (AvgIpc) is 2.76. The lowest BCUT2D eigenvalue weighted by Gasteiger charge is -2.10. The number of rotatable bonds is 3. The average molecular weight is 287 g/mol. The summed E-state index contributed by atoms with van der Waals surface area (Å²) < 4.78 is 2.09. The molecule has 0 atom stereocenters. The third-order valence-corrected chi connectivity index (χ3v) is 3.70. The van der Waals surface area contributed by atoms with E-state index in [0.717, 1.165) is 28.1 Å². The minimum Gasteiger partial charge on any atom is -0.375 e. The van der Waals surface area contributed by atoms with Gasteiger partial charge >= 0.3 is 0 Å². The van der Waals surface area contributed by atoms with Gasteiger partial charge in [-0.25, -0.2) is 9.97 Å². The summed E-state index contributed by atoms with van der Waals surface area (Å²) in [5.74, 6) is 0.963. The molecule has 0 aliphatic heterocycles. The highest BCUT2D eigenvalue weighted by molar-refractivity contribution is 6.32. The highest BCUT2D eigenvalue weighted by Gasteiger charge is 2.09. The molecule has 0 saturated carbocycles. The van der Waals surface area contributed by atoms with Crippen LogP contribution in [0.2, 0.25) is 5.15 Å². The van der Waals surface area contributed by atoms with Gasteiger partial charge in [-0.15, -0.1) is 0 Å². The van der Waals surface area contributed by atoms with Gasteiger partial charge in [-0.1, -0.05) is 23.7 Å². The molecule has 5 heteroatoms. The zero-order chi connectivity index (χ0) is 14.1. The highest BCUT2D eigenvalue weighted by atomic mass is 35.5. The van der Waals surface area contributed by atoms with Crippen molar-refractivity contribution >= 4 is 28.3 Å². The number of aryl methyl sites for hydroxylation is 2. The first-order valence-electron chi connectivity index (χ1n) is 6.42. The Bertz CT molecular complexity index is 743. The fourth-order valence-electron chi connectivity index (χ4n) is 2.26. The van der Waals surface area contributed by atoms with Gasteiger partial charge in [-0.3, -0.25) is 0 Å². The molecule has 1 aromatic carbocycles. The second-order valence-electron chi connectivity index (χ2n) is 4.72. The molecular weight excluding hydrogens is 272 g/mol. The molecule has 1 N–H and O–H groups in total. The second kappa shape index (κ2) is 5.13. The SMILES string of the molecule is Cc1ccnc(Cl)c1NCc1nc2ccccc2n1C. The lowest BCUT2D eigenvalue weighted by atomic mass is 10.2. The number of hydrogen-bond donors (Lipinski definition) is 1.